The van der Waals surface area contributed by atoms with Crippen LogP contribution in [0, 0.1) is 0 Å². The fourth-order valence-electron chi connectivity index (χ4n) is 1.02. The first-order chi connectivity index (χ1) is 5.74. The lowest BCUT2D eigenvalue weighted by Gasteiger charge is -2.18. The van der Waals surface area contributed by atoms with Crippen molar-refractivity contribution in [2.75, 3.05) is 25.7 Å². The van der Waals surface area contributed by atoms with Crippen LogP contribution in [0.3, 0.4) is 0 Å². The van der Waals surface area contributed by atoms with Crippen LogP contribution in [0.2, 0.25) is 0 Å². The van der Waals surface area contributed by atoms with Gasteiger partial charge >= 0.3 is 0 Å². The van der Waals surface area contributed by atoms with Crippen molar-refractivity contribution in [2.24, 2.45) is 0 Å². The zero-order chi connectivity index (χ0) is 8.97. The average Bonchev–Trinajstić information content (AvgIpc) is 2.06. The van der Waals surface area contributed by atoms with Crippen molar-refractivity contribution in [3.8, 4) is 0 Å². The fraction of sp³-hybridized carbons (Fsp3) is 0.333. The minimum Gasteiger partial charge on any atom is -0.362 e. The Labute approximate surface area is 81.7 Å². The number of nitrogens with zero attached hydrogens (tertiary/aromatic N) is 1. The highest BCUT2D eigenvalue weighted by atomic mass is 79.9. The average molecular weight is 229 g/mol. The maximum absolute atomic E-state index is 3.40. The lowest BCUT2D eigenvalue weighted by Crippen LogP contribution is -2.27. The van der Waals surface area contributed by atoms with Crippen molar-refractivity contribution < 1.29 is 0 Å². The second kappa shape index (κ2) is 4.48. The van der Waals surface area contributed by atoms with Gasteiger partial charge in [0.15, 0.2) is 0 Å². The van der Waals surface area contributed by atoms with E-state index in [1.165, 1.54) is 5.69 Å². The topological polar surface area (TPSA) is 15.3 Å². The SMILES string of the molecule is CNCN(C)c1ccc(Br)cc1. The highest BCUT2D eigenvalue weighted by Crippen LogP contribution is 2.16. The van der Waals surface area contributed by atoms with Crippen LogP contribution in [0.5, 0.6) is 0 Å². The van der Waals surface area contributed by atoms with Gasteiger partial charge in [-0.15, -0.1) is 0 Å². The highest BCUT2D eigenvalue weighted by Gasteiger charge is 1.96. The summed E-state index contributed by atoms with van der Waals surface area (Å²) < 4.78 is 1.11. The molecule has 0 heterocycles. The fourth-order valence-corrected chi connectivity index (χ4v) is 1.29. The van der Waals surface area contributed by atoms with Gasteiger partial charge in [-0.2, -0.15) is 0 Å². The summed E-state index contributed by atoms with van der Waals surface area (Å²) in [7, 11) is 4.00. The molecule has 0 aliphatic rings. The van der Waals surface area contributed by atoms with Crippen LogP contribution in [0.15, 0.2) is 28.7 Å². The minimum absolute atomic E-state index is 0.863. The molecular weight excluding hydrogens is 216 g/mol. The van der Waals surface area contributed by atoms with E-state index in [-0.39, 0.29) is 0 Å². The Morgan fingerprint density at radius 1 is 1.33 bits per heavy atom. The molecule has 12 heavy (non-hydrogen) atoms. The van der Waals surface area contributed by atoms with Gasteiger partial charge in [0.05, 0.1) is 6.67 Å². The van der Waals surface area contributed by atoms with Crippen molar-refractivity contribution >= 4 is 21.6 Å². The Morgan fingerprint density at radius 3 is 2.42 bits per heavy atom. The number of hydrogen-bond acceptors (Lipinski definition) is 2. The molecule has 0 aliphatic carbocycles. The number of halogens is 1. The van der Waals surface area contributed by atoms with Gasteiger partial charge in [0.2, 0.25) is 0 Å². The van der Waals surface area contributed by atoms with E-state index in [1.54, 1.807) is 0 Å². The number of benzene rings is 1. The second-order valence-corrected chi connectivity index (χ2v) is 3.60. The lowest BCUT2D eigenvalue weighted by molar-refractivity contribution is 0.776. The van der Waals surface area contributed by atoms with E-state index in [2.05, 4.69) is 45.3 Å². The van der Waals surface area contributed by atoms with Crippen molar-refractivity contribution in [3.05, 3.63) is 28.7 Å². The molecule has 0 saturated heterocycles. The first-order valence-corrected chi connectivity index (χ1v) is 4.64. The summed E-state index contributed by atoms with van der Waals surface area (Å²) in [6.45, 7) is 0.863. The van der Waals surface area contributed by atoms with Crippen molar-refractivity contribution in [1.82, 2.24) is 5.32 Å². The Hall–Kier alpha value is -0.540. The summed E-state index contributed by atoms with van der Waals surface area (Å²) >= 11 is 3.40. The summed E-state index contributed by atoms with van der Waals surface area (Å²) in [6, 6.07) is 8.26. The molecule has 0 aliphatic heterocycles. The van der Waals surface area contributed by atoms with Crippen molar-refractivity contribution in [1.29, 1.82) is 0 Å². The Morgan fingerprint density at radius 2 is 1.92 bits per heavy atom. The van der Waals surface area contributed by atoms with Crippen molar-refractivity contribution in [2.45, 2.75) is 0 Å². The predicted molar refractivity (Wildman–Crippen MR) is 56.5 cm³/mol. The van der Waals surface area contributed by atoms with Gasteiger partial charge in [-0.1, -0.05) is 15.9 Å². The van der Waals surface area contributed by atoms with Gasteiger partial charge < -0.3 is 10.2 Å². The van der Waals surface area contributed by atoms with Crippen LogP contribution >= 0.6 is 15.9 Å². The summed E-state index contributed by atoms with van der Waals surface area (Å²) in [6.07, 6.45) is 0. The summed E-state index contributed by atoms with van der Waals surface area (Å²) in [5.74, 6) is 0. The highest BCUT2D eigenvalue weighted by molar-refractivity contribution is 9.10. The molecule has 0 saturated carbocycles. The van der Waals surface area contributed by atoms with Gasteiger partial charge in [-0.3, -0.25) is 0 Å². The van der Waals surface area contributed by atoms with Crippen LogP contribution in [0.25, 0.3) is 0 Å². The van der Waals surface area contributed by atoms with Gasteiger partial charge in [0.1, 0.15) is 0 Å². The normalized spacial score (nSPS) is 9.92. The van der Waals surface area contributed by atoms with E-state index in [0.29, 0.717) is 0 Å². The van der Waals surface area contributed by atoms with Crippen LogP contribution in [0.4, 0.5) is 5.69 Å². The molecule has 1 aromatic carbocycles. The zero-order valence-electron chi connectivity index (χ0n) is 7.34. The van der Waals surface area contributed by atoms with E-state index in [0.717, 1.165) is 11.1 Å². The third-order valence-electron chi connectivity index (χ3n) is 1.66. The smallest absolute Gasteiger partial charge is 0.0676 e. The van der Waals surface area contributed by atoms with Gasteiger partial charge in [-0.25, -0.2) is 0 Å². The molecule has 0 fully saturated rings. The maximum atomic E-state index is 3.40. The van der Waals surface area contributed by atoms with E-state index in [4.69, 9.17) is 0 Å². The predicted octanol–water partition coefficient (Wildman–Crippen LogP) is 2.06. The monoisotopic (exact) mass is 228 g/mol. The van der Waals surface area contributed by atoms with E-state index in [9.17, 15) is 0 Å². The quantitative estimate of drug-likeness (QED) is 0.798. The molecule has 1 aromatic rings. The molecule has 0 amide bonds. The number of nitrogens with one attached hydrogen (secondary N) is 1. The largest absolute Gasteiger partial charge is 0.362 e. The Bertz CT molecular complexity index is 233. The van der Waals surface area contributed by atoms with Crippen molar-refractivity contribution in [3.63, 3.8) is 0 Å². The second-order valence-electron chi connectivity index (χ2n) is 2.69. The molecule has 0 unspecified atom stereocenters. The first kappa shape index (κ1) is 9.55. The third-order valence-corrected chi connectivity index (χ3v) is 2.19. The number of hydrogen-bond donors (Lipinski definition) is 1. The molecule has 0 bridgehead atoms. The molecule has 1 N–H and O–H groups in total. The zero-order valence-corrected chi connectivity index (χ0v) is 8.93. The molecule has 2 nitrogen and oxygen atoms in total. The Kier molecular flexibility index (Phi) is 3.56. The Balaban J connectivity index is 2.68. The molecule has 0 spiro atoms. The van der Waals surface area contributed by atoms with E-state index < -0.39 is 0 Å². The molecule has 0 aromatic heterocycles. The minimum atomic E-state index is 0.863. The number of anilines is 1. The number of rotatable bonds is 3. The standard InChI is InChI=1S/C9H13BrN2/c1-11-7-12(2)9-5-3-8(10)4-6-9/h3-6,11H,7H2,1-2H3. The van der Waals surface area contributed by atoms with Crippen LogP contribution in [-0.4, -0.2) is 20.8 Å². The van der Waals surface area contributed by atoms with Gasteiger partial charge in [0.25, 0.3) is 0 Å². The molecule has 0 atom stereocenters. The molecular formula is C9H13BrN2. The summed E-state index contributed by atoms with van der Waals surface area (Å²) in [5, 5.41) is 3.09. The molecule has 3 heteroatoms. The summed E-state index contributed by atoms with van der Waals surface area (Å²) in [4.78, 5) is 2.15. The lowest BCUT2D eigenvalue weighted by atomic mass is 10.3. The van der Waals surface area contributed by atoms with Crippen LogP contribution < -0.4 is 10.2 Å². The van der Waals surface area contributed by atoms with E-state index >= 15 is 0 Å². The third kappa shape index (κ3) is 2.50. The molecule has 1 rings (SSSR count). The molecule has 66 valence electrons. The first-order valence-electron chi connectivity index (χ1n) is 3.85. The maximum Gasteiger partial charge on any atom is 0.0676 e. The van der Waals surface area contributed by atoms with Crippen LogP contribution in [-0.2, 0) is 0 Å². The summed E-state index contributed by atoms with van der Waals surface area (Å²) in [5.41, 5.74) is 1.22. The molecule has 0 radical (unpaired) electrons. The van der Waals surface area contributed by atoms with E-state index in [1.807, 2.05) is 19.2 Å². The van der Waals surface area contributed by atoms with Crippen LogP contribution in [0.1, 0.15) is 0 Å². The van der Waals surface area contributed by atoms with Gasteiger partial charge in [-0.05, 0) is 31.3 Å². The van der Waals surface area contributed by atoms with Gasteiger partial charge in [0, 0.05) is 17.2 Å².